The molecule has 0 heterocycles. The lowest BCUT2D eigenvalue weighted by molar-refractivity contribution is 0.0734. The van der Waals surface area contributed by atoms with E-state index in [1.165, 1.54) is 17.2 Å². The van der Waals surface area contributed by atoms with Gasteiger partial charge in [0.25, 0.3) is 0 Å². The number of rotatable bonds is 4. The molecule has 0 unspecified atom stereocenters. The maximum absolute atomic E-state index is 12.3. The van der Waals surface area contributed by atoms with Crippen LogP contribution in [-0.2, 0) is 6.42 Å². The van der Waals surface area contributed by atoms with Crippen molar-refractivity contribution in [3.63, 3.8) is 0 Å². The third-order valence-electron chi connectivity index (χ3n) is 4.49. The van der Waals surface area contributed by atoms with Gasteiger partial charge in [-0.05, 0) is 73.2 Å². The van der Waals surface area contributed by atoms with Crippen molar-refractivity contribution in [2.24, 2.45) is 0 Å². The van der Waals surface area contributed by atoms with Crippen LogP contribution < -0.4 is 4.74 Å². The number of hydrogen-bond acceptors (Lipinski definition) is 3. The fraction of sp³-hybridized carbons (Fsp3) is 0.227. The van der Waals surface area contributed by atoms with Gasteiger partial charge in [0, 0.05) is 0 Å². The summed E-state index contributed by atoms with van der Waals surface area (Å²) >= 11 is 0. The van der Waals surface area contributed by atoms with Crippen molar-refractivity contribution in [1.29, 1.82) is 0 Å². The van der Waals surface area contributed by atoms with Gasteiger partial charge in [-0.25, -0.2) is 4.79 Å². The second-order valence-electron chi connectivity index (χ2n) is 6.32. The molecule has 1 N–H and O–H groups in total. The molecule has 2 aromatic rings. The summed E-state index contributed by atoms with van der Waals surface area (Å²) in [4.78, 5) is 12.3. The van der Waals surface area contributed by atoms with Crippen LogP contribution in [0.5, 0.6) is 11.5 Å². The Kier molecular flexibility index (Phi) is 5.03. The van der Waals surface area contributed by atoms with Crippen LogP contribution in [0.2, 0.25) is 0 Å². The molecule has 3 nitrogen and oxygen atoms in total. The summed E-state index contributed by atoms with van der Waals surface area (Å²) < 4.78 is 5.45. The number of phenolic OH excluding ortho intramolecular Hbond substituents is 1. The van der Waals surface area contributed by atoms with Crippen LogP contribution in [0.3, 0.4) is 0 Å². The third kappa shape index (κ3) is 4.00. The maximum atomic E-state index is 12.3. The van der Waals surface area contributed by atoms with Crippen LogP contribution in [0, 0.1) is 0 Å². The second kappa shape index (κ2) is 7.39. The van der Waals surface area contributed by atoms with Gasteiger partial charge in [-0.1, -0.05) is 36.8 Å². The van der Waals surface area contributed by atoms with Gasteiger partial charge in [0.2, 0.25) is 0 Å². The van der Waals surface area contributed by atoms with E-state index in [4.69, 9.17) is 4.74 Å². The Labute approximate surface area is 148 Å². The Morgan fingerprint density at radius 2 is 1.84 bits per heavy atom. The molecule has 0 saturated heterocycles. The van der Waals surface area contributed by atoms with Crippen molar-refractivity contribution in [2.45, 2.75) is 33.1 Å². The maximum Gasteiger partial charge on any atom is 0.343 e. The predicted octanol–water partition coefficient (Wildman–Crippen LogP) is 5.30. The molecule has 0 bridgehead atoms. The van der Waals surface area contributed by atoms with Gasteiger partial charge < -0.3 is 9.84 Å². The van der Waals surface area contributed by atoms with Crippen LogP contribution >= 0.6 is 0 Å². The zero-order valence-corrected chi connectivity index (χ0v) is 14.6. The number of hydrogen-bond donors (Lipinski definition) is 1. The molecule has 0 aliphatic heterocycles. The Morgan fingerprint density at radius 1 is 1.08 bits per heavy atom. The minimum atomic E-state index is -0.419. The fourth-order valence-electron chi connectivity index (χ4n) is 2.88. The van der Waals surface area contributed by atoms with Gasteiger partial charge >= 0.3 is 5.97 Å². The highest BCUT2D eigenvalue weighted by Crippen LogP contribution is 2.28. The standard InChI is InChI=1S/C22H22O3/c1-3-16-14-19(10-13-21(16)23)22(24)25-20-11-8-18(9-12-20)17-6-4-15(2)5-7-17/h4,6,8-14,23H,3,5,7H2,1-2H3. The number of aromatic hydroxyl groups is 1. The molecule has 25 heavy (non-hydrogen) atoms. The van der Waals surface area contributed by atoms with Gasteiger partial charge in [-0.3, -0.25) is 0 Å². The molecule has 0 spiro atoms. The number of carbonyl (C=O) groups excluding carboxylic acids is 1. The van der Waals surface area contributed by atoms with Crippen LogP contribution in [-0.4, -0.2) is 11.1 Å². The normalized spacial score (nSPS) is 13.8. The van der Waals surface area contributed by atoms with Crippen LogP contribution in [0.1, 0.15) is 48.2 Å². The summed E-state index contributed by atoms with van der Waals surface area (Å²) in [5.74, 6) is 0.300. The largest absolute Gasteiger partial charge is 0.508 e. The van der Waals surface area contributed by atoms with Crippen LogP contribution in [0.25, 0.3) is 5.57 Å². The van der Waals surface area contributed by atoms with E-state index in [0.717, 1.165) is 24.0 Å². The highest BCUT2D eigenvalue weighted by atomic mass is 16.5. The predicted molar refractivity (Wildman–Crippen MR) is 99.9 cm³/mol. The number of ether oxygens (including phenoxy) is 1. The van der Waals surface area contributed by atoms with E-state index in [1.54, 1.807) is 12.1 Å². The molecular formula is C22H22O3. The zero-order chi connectivity index (χ0) is 17.8. The van der Waals surface area contributed by atoms with Crippen molar-refractivity contribution < 1.29 is 14.6 Å². The van der Waals surface area contributed by atoms with E-state index in [2.05, 4.69) is 19.1 Å². The van der Waals surface area contributed by atoms with Crippen LogP contribution in [0.15, 0.2) is 60.2 Å². The lowest BCUT2D eigenvalue weighted by Gasteiger charge is -2.13. The molecule has 128 valence electrons. The second-order valence-corrected chi connectivity index (χ2v) is 6.32. The summed E-state index contributed by atoms with van der Waals surface area (Å²) in [7, 11) is 0. The first-order chi connectivity index (χ1) is 12.1. The lowest BCUT2D eigenvalue weighted by Crippen LogP contribution is -2.09. The lowest BCUT2D eigenvalue weighted by atomic mass is 9.94. The number of esters is 1. The van der Waals surface area contributed by atoms with E-state index in [0.29, 0.717) is 17.7 Å². The quantitative estimate of drug-likeness (QED) is 0.610. The molecule has 0 atom stereocenters. The monoisotopic (exact) mass is 334 g/mol. The van der Waals surface area contributed by atoms with Crippen LogP contribution in [0.4, 0.5) is 0 Å². The number of allylic oxidation sites excluding steroid dienone is 4. The number of aryl methyl sites for hydroxylation is 1. The van der Waals surface area contributed by atoms with E-state index < -0.39 is 5.97 Å². The van der Waals surface area contributed by atoms with E-state index in [1.807, 2.05) is 31.2 Å². The minimum Gasteiger partial charge on any atom is -0.508 e. The first kappa shape index (κ1) is 17.0. The highest BCUT2D eigenvalue weighted by molar-refractivity contribution is 5.91. The van der Waals surface area contributed by atoms with Crippen molar-refractivity contribution in [3.8, 4) is 11.5 Å². The topological polar surface area (TPSA) is 46.5 Å². The van der Waals surface area contributed by atoms with Crippen molar-refractivity contribution in [3.05, 3.63) is 76.9 Å². The molecule has 0 saturated carbocycles. The van der Waals surface area contributed by atoms with Crippen molar-refractivity contribution in [1.82, 2.24) is 0 Å². The smallest absolute Gasteiger partial charge is 0.343 e. The van der Waals surface area contributed by atoms with E-state index in [-0.39, 0.29) is 5.75 Å². The number of benzene rings is 2. The average Bonchev–Trinajstić information content (AvgIpc) is 2.63. The van der Waals surface area contributed by atoms with Gasteiger partial charge in [0.05, 0.1) is 5.56 Å². The summed E-state index contributed by atoms with van der Waals surface area (Å²) in [6.45, 7) is 4.07. The molecule has 0 radical (unpaired) electrons. The minimum absolute atomic E-state index is 0.202. The summed E-state index contributed by atoms with van der Waals surface area (Å²) in [5, 5.41) is 9.72. The van der Waals surface area contributed by atoms with Crippen molar-refractivity contribution in [2.75, 3.05) is 0 Å². The Morgan fingerprint density at radius 3 is 2.48 bits per heavy atom. The number of carbonyl (C=O) groups is 1. The number of phenols is 1. The molecule has 3 heteroatoms. The Bertz CT molecular complexity index is 842. The molecule has 0 amide bonds. The van der Waals surface area contributed by atoms with Gasteiger partial charge in [0.15, 0.2) is 0 Å². The zero-order valence-electron chi connectivity index (χ0n) is 14.6. The molecule has 1 aliphatic rings. The molecule has 2 aromatic carbocycles. The molecular weight excluding hydrogens is 312 g/mol. The average molecular weight is 334 g/mol. The van der Waals surface area contributed by atoms with Gasteiger partial charge in [-0.15, -0.1) is 0 Å². The summed E-state index contributed by atoms with van der Waals surface area (Å²) in [6, 6.07) is 12.4. The highest BCUT2D eigenvalue weighted by Gasteiger charge is 2.12. The van der Waals surface area contributed by atoms with E-state index >= 15 is 0 Å². The third-order valence-corrected chi connectivity index (χ3v) is 4.49. The molecule has 1 aliphatic carbocycles. The van der Waals surface area contributed by atoms with Crippen molar-refractivity contribution >= 4 is 11.5 Å². The molecule has 0 fully saturated rings. The summed E-state index contributed by atoms with van der Waals surface area (Å²) in [6.07, 6.45) is 7.09. The first-order valence-corrected chi connectivity index (χ1v) is 8.57. The molecule has 3 rings (SSSR count). The molecule has 0 aromatic heterocycles. The van der Waals surface area contributed by atoms with Gasteiger partial charge in [0.1, 0.15) is 11.5 Å². The SMILES string of the molecule is CCc1cc(C(=O)Oc2ccc(C3=CC=C(C)CC3)cc2)ccc1O. The fourth-order valence-corrected chi connectivity index (χ4v) is 2.88. The summed E-state index contributed by atoms with van der Waals surface area (Å²) in [5.41, 5.74) is 5.03. The first-order valence-electron chi connectivity index (χ1n) is 8.57. The van der Waals surface area contributed by atoms with E-state index in [9.17, 15) is 9.90 Å². The Balaban J connectivity index is 1.72. The Hall–Kier alpha value is -2.81. The van der Waals surface area contributed by atoms with Gasteiger partial charge in [-0.2, -0.15) is 0 Å².